The van der Waals surface area contributed by atoms with E-state index in [9.17, 15) is 5.11 Å². The van der Waals surface area contributed by atoms with E-state index in [1.165, 1.54) is 57.2 Å². The standard InChI is InChI=1S/C18H25NO/c20-18-4-2-1-3-16(18)14-7-9-19(10-8-14)17-12-13-5-6-15(17)11-13/h1-4,13-15,17,20H,5-12H2/t13-,15+,17+/m0/s1. The zero-order valence-corrected chi connectivity index (χ0v) is 12.2. The minimum Gasteiger partial charge on any atom is -0.508 e. The number of piperidine rings is 1. The fraction of sp³-hybridized carbons (Fsp3) is 0.667. The van der Waals surface area contributed by atoms with Crippen LogP contribution in [0.3, 0.4) is 0 Å². The smallest absolute Gasteiger partial charge is 0.119 e. The van der Waals surface area contributed by atoms with Gasteiger partial charge in [0.05, 0.1) is 0 Å². The third-order valence-corrected chi connectivity index (χ3v) is 6.08. The number of hydrogen-bond donors (Lipinski definition) is 1. The van der Waals surface area contributed by atoms with Gasteiger partial charge in [-0.25, -0.2) is 0 Å². The van der Waals surface area contributed by atoms with Crippen molar-refractivity contribution in [2.24, 2.45) is 11.8 Å². The predicted molar refractivity (Wildman–Crippen MR) is 80.9 cm³/mol. The summed E-state index contributed by atoms with van der Waals surface area (Å²) in [6.07, 6.45) is 8.37. The van der Waals surface area contributed by atoms with Crippen LogP contribution < -0.4 is 0 Å². The summed E-state index contributed by atoms with van der Waals surface area (Å²) in [5.41, 5.74) is 1.17. The molecular formula is C18H25NO. The fourth-order valence-electron chi connectivity index (χ4n) is 5.03. The van der Waals surface area contributed by atoms with E-state index in [2.05, 4.69) is 17.0 Å². The molecule has 2 nitrogen and oxygen atoms in total. The van der Waals surface area contributed by atoms with E-state index in [0.29, 0.717) is 11.7 Å². The number of benzene rings is 1. The van der Waals surface area contributed by atoms with E-state index in [1.54, 1.807) is 0 Å². The summed E-state index contributed by atoms with van der Waals surface area (Å²) in [6.45, 7) is 2.46. The highest BCUT2D eigenvalue weighted by Crippen LogP contribution is 2.47. The molecule has 2 aliphatic carbocycles. The van der Waals surface area contributed by atoms with Gasteiger partial charge in [0.2, 0.25) is 0 Å². The largest absolute Gasteiger partial charge is 0.508 e. The molecule has 0 radical (unpaired) electrons. The van der Waals surface area contributed by atoms with Gasteiger partial charge in [-0.3, -0.25) is 0 Å². The molecule has 20 heavy (non-hydrogen) atoms. The van der Waals surface area contributed by atoms with Crippen LogP contribution in [0.4, 0.5) is 0 Å². The predicted octanol–water partition coefficient (Wildman–Crippen LogP) is 3.76. The van der Waals surface area contributed by atoms with Gasteiger partial charge in [-0.15, -0.1) is 0 Å². The Morgan fingerprint density at radius 1 is 0.950 bits per heavy atom. The maximum atomic E-state index is 10.0. The number of likely N-dealkylation sites (tertiary alicyclic amines) is 1. The summed E-state index contributed by atoms with van der Waals surface area (Å²) in [4.78, 5) is 2.76. The lowest BCUT2D eigenvalue weighted by Crippen LogP contribution is -2.43. The molecule has 2 heteroatoms. The molecule has 2 bridgehead atoms. The Hall–Kier alpha value is -1.02. The van der Waals surface area contributed by atoms with Gasteiger partial charge in [0, 0.05) is 6.04 Å². The number of aromatic hydroxyl groups is 1. The van der Waals surface area contributed by atoms with Crippen LogP contribution in [0.2, 0.25) is 0 Å². The molecule has 1 N–H and O–H groups in total. The summed E-state index contributed by atoms with van der Waals surface area (Å²) in [5.74, 6) is 3.10. The summed E-state index contributed by atoms with van der Waals surface area (Å²) in [7, 11) is 0. The maximum Gasteiger partial charge on any atom is 0.119 e. The molecule has 2 saturated carbocycles. The molecule has 0 aromatic heterocycles. The van der Waals surface area contributed by atoms with Crippen LogP contribution in [0.5, 0.6) is 5.75 Å². The van der Waals surface area contributed by atoms with Crippen LogP contribution >= 0.6 is 0 Å². The van der Waals surface area contributed by atoms with E-state index in [-0.39, 0.29) is 0 Å². The van der Waals surface area contributed by atoms with Crippen molar-refractivity contribution >= 4 is 0 Å². The molecular weight excluding hydrogens is 246 g/mol. The second-order valence-corrected chi connectivity index (χ2v) is 7.11. The lowest BCUT2D eigenvalue weighted by Gasteiger charge is -2.39. The number of nitrogens with zero attached hydrogens (tertiary/aromatic N) is 1. The van der Waals surface area contributed by atoms with E-state index in [0.717, 1.165) is 17.9 Å². The molecule has 1 aliphatic heterocycles. The molecule has 3 atom stereocenters. The summed E-state index contributed by atoms with van der Waals surface area (Å²) >= 11 is 0. The van der Waals surface area contributed by atoms with Gasteiger partial charge in [-0.2, -0.15) is 0 Å². The first kappa shape index (κ1) is 12.7. The van der Waals surface area contributed by atoms with Gasteiger partial charge >= 0.3 is 0 Å². The Morgan fingerprint density at radius 2 is 1.75 bits per heavy atom. The minimum atomic E-state index is 0.492. The van der Waals surface area contributed by atoms with Crippen molar-refractivity contribution in [2.75, 3.05) is 13.1 Å². The van der Waals surface area contributed by atoms with Gasteiger partial charge in [0.15, 0.2) is 0 Å². The number of phenols is 1. The summed E-state index contributed by atoms with van der Waals surface area (Å²) < 4.78 is 0. The van der Waals surface area contributed by atoms with E-state index in [4.69, 9.17) is 0 Å². The molecule has 3 aliphatic rings. The molecule has 1 aromatic carbocycles. The van der Waals surface area contributed by atoms with Gasteiger partial charge < -0.3 is 10.0 Å². The SMILES string of the molecule is Oc1ccccc1C1CCN([C@@H]2C[C@H]3CC[C@@H]2C3)CC1. The molecule has 0 unspecified atom stereocenters. The van der Waals surface area contributed by atoms with Gasteiger partial charge in [-0.05, 0) is 74.6 Å². The van der Waals surface area contributed by atoms with Gasteiger partial charge in [-0.1, -0.05) is 24.6 Å². The second kappa shape index (κ2) is 5.07. The van der Waals surface area contributed by atoms with Crippen molar-refractivity contribution in [1.29, 1.82) is 0 Å². The first-order chi connectivity index (χ1) is 9.81. The van der Waals surface area contributed by atoms with E-state index in [1.807, 2.05) is 12.1 Å². The average Bonchev–Trinajstić information content (AvgIpc) is 3.11. The van der Waals surface area contributed by atoms with Crippen molar-refractivity contribution in [1.82, 2.24) is 4.90 Å². The van der Waals surface area contributed by atoms with E-state index >= 15 is 0 Å². The molecule has 0 amide bonds. The third-order valence-electron chi connectivity index (χ3n) is 6.08. The quantitative estimate of drug-likeness (QED) is 0.885. The Kier molecular flexibility index (Phi) is 3.22. The number of hydrogen-bond acceptors (Lipinski definition) is 2. The number of phenolic OH excluding ortho intramolecular Hbond substituents is 1. The molecule has 1 aromatic rings. The van der Waals surface area contributed by atoms with Crippen molar-refractivity contribution in [3.05, 3.63) is 29.8 Å². The van der Waals surface area contributed by atoms with Crippen molar-refractivity contribution in [3.63, 3.8) is 0 Å². The number of para-hydroxylation sites is 1. The Balaban J connectivity index is 1.40. The second-order valence-electron chi connectivity index (χ2n) is 7.11. The monoisotopic (exact) mass is 271 g/mol. The molecule has 1 saturated heterocycles. The fourth-order valence-corrected chi connectivity index (χ4v) is 5.03. The normalized spacial score (nSPS) is 34.7. The Bertz CT molecular complexity index is 478. The van der Waals surface area contributed by atoms with Crippen LogP contribution in [0, 0.1) is 11.8 Å². The zero-order chi connectivity index (χ0) is 13.5. The third kappa shape index (κ3) is 2.14. The summed E-state index contributed by atoms with van der Waals surface area (Å²) in [5, 5.41) is 10.0. The van der Waals surface area contributed by atoms with Gasteiger partial charge in [0.25, 0.3) is 0 Å². The minimum absolute atomic E-state index is 0.492. The average molecular weight is 271 g/mol. The highest BCUT2D eigenvalue weighted by atomic mass is 16.3. The first-order valence-corrected chi connectivity index (χ1v) is 8.33. The van der Waals surface area contributed by atoms with E-state index < -0.39 is 0 Å². The summed E-state index contributed by atoms with van der Waals surface area (Å²) in [6, 6.07) is 8.80. The topological polar surface area (TPSA) is 23.5 Å². The Labute approximate surface area is 121 Å². The highest BCUT2D eigenvalue weighted by Gasteiger charge is 2.42. The number of fused-ring (bicyclic) bond motifs is 2. The van der Waals surface area contributed by atoms with Crippen LogP contribution in [0.25, 0.3) is 0 Å². The molecule has 108 valence electrons. The van der Waals surface area contributed by atoms with Crippen molar-refractivity contribution < 1.29 is 5.11 Å². The molecule has 0 spiro atoms. The highest BCUT2D eigenvalue weighted by molar-refractivity contribution is 5.35. The zero-order valence-electron chi connectivity index (χ0n) is 12.2. The van der Waals surface area contributed by atoms with Crippen molar-refractivity contribution in [2.45, 2.75) is 50.5 Å². The van der Waals surface area contributed by atoms with Gasteiger partial charge in [0.1, 0.15) is 5.75 Å². The van der Waals surface area contributed by atoms with Crippen LogP contribution in [-0.2, 0) is 0 Å². The lowest BCUT2D eigenvalue weighted by molar-refractivity contribution is 0.110. The van der Waals surface area contributed by atoms with Crippen LogP contribution in [0.15, 0.2) is 24.3 Å². The number of rotatable bonds is 2. The van der Waals surface area contributed by atoms with Crippen LogP contribution in [0.1, 0.15) is 50.0 Å². The lowest BCUT2D eigenvalue weighted by atomic mass is 9.86. The Morgan fingerprint density at radius 3 is 2.40 bits per heavy atom. The van der Waals surface area contributed by atoms with Crippen LogP contribution in [-0.4, -0.2) is 29.1 Å². The van der Waals surface area contributed by atoms with Crippen molar-refractivity contribution in [3.8, 4) is 5.75 Å². The molecule has 3 fully saturated rings. The maximum absolute atomic E-state index is 10.0. The molecule has 1 heterocycles. The first-order valence-electron chi connectivity index (χ1n) is 8.33. The molecule has 4 rings (SSSR count).